The van der Waals surface area contributed by atoms with Crippen molar-refractivity contribution in [3.8, 4) is 0 Å². The predicted octanol–water partition coefficient (Wildman–Crippen LogP) is 2.09. The average Bonchev–Trinajstić information content (AvgIpc) is 2.36. The van der Waals surface area contributed by atoms with Crippen molar-refractivity contribution in [1.29, 1.82) is 0 Å². The SMILES string of the molecule is FC(F)(F)CCOC1CCCO1. The first-order valence-electron chi connectivity index (χ1n) is 3.88. The second-order valence-corrected chi connectivity index (χ2v) is 2.68. The molecule has 0 amide bonds. The molecule has 0 radical (unpaired) electrons. The Kier molecular flexibility index (Phi) is 3.34. The van der Waals surface area contributed by atoms with Crippen LogP contribution < -0.4 is 0 Å². The molecule has 0 aliphatic carbocycles. The van der Waals surface area contributed by atoms with E-state index < -0.39 is 18.9 Å². The molecule has 0 saturated carbocycles. The van der Waals surface area contributed by atoms with Gasteiger partial charge in [-0.1, -0.05) is 0 Å². The highest BCUT2D eigenvalue weighted by Crippen LogP contribution is 2.20. The highest BCUT2D eigenvalue weighted by molar-refractivity contribution is 4.55. The lowest BCUT2D eigenvalue weighted by molar-refractivity contribution is -0.169. The van der Waals surface area contributed by atoms with Crippen molar-refractivity contribution in [3.63, 3.8) is 0 Å². The van der Waals surface area contributed by atoms with Gasteiger partial charge < -0.3 is 9.47 Å². The Hall–Kier alpha value is -0.290. The Balaban J connectivity index is 2.02. The van der Waals surface area contributed by atoms with Crippen LogP contribution in [-0.2, 0) is 9.47 Å². The Bertz CT molecular complexity index is 129. The summed E-state index contributed by atoms with van der Waals surface area (Å²) < 4.78 is 44.6. The molecule has 0 aromatic heterocycles. The number of ether oxygens (including phenoxy) is 2. The normalized spacial score (nSPS) is 24.8. The van der Waals surface area contributed by atoms with Crippen molar-refractivity contribution in [2.24, 2.45) is 0 Å². The number of halogens is 3. The monoisotopic (exact) mass is 184 g/mol. The topological polar surface area (TPSA) is 18.5 Å². The van der Waals surface area contributed by atoms with Crippen molar-refractivity contribution in [3.05, 3.63) is 0 Å². The molecule has 1 unspecified atom stereocenters. The van der Waals surface area contributed by atoms with E-state index in [0.717, 1.165) is 6.42 Å². The highest BCUT2D eigenvalue weighted by atomic mass is 19.4. The first-order valence-corrected chi connectivity index (χ1v) is 3.88. The van der Waals surface area contributed by atoms with Gasteiger partial charge in [-0.15, -0.1) is 0 Å². The molecule has 1 saturated heterocycles. The largest absolute Gasteiger partial charge is 0.391 e. The van der Waals surface area contributed by atoms with Crippen molar-refractivity contribution in [2.75, 3.05) is 13.2 Å². The van der Waals surface area contributed by atoms with Gasteiger partial charge in [0.05, 0.1) is 13.0 Å². The van der Waals surface area contributed by atoms with E-state index in [-0.39, 0.29) is 6.61 Å². The molecule has 5 heteroatoms. The van der Waals surface area contributed by atoms with Crippen LogP contribution in [0.2, 0.25) is 0 Å². The third-order valence-electron chi connectivity index (χ3n) is 1.58. The zero-order valence-corrected chi connectivity index (χ0v) is 6.56. The summed E-state index contributed by atoms with van der Waals surface area (Å²) >= 11 is 0. The molecule has 0 bridgehead atoms. The average molecular weight is 184 g/mol. The van der Waals surface area contributed by atoms with Gasteiger partial charge in [0, 0.05) is 13.0 Å². The molecule has 1 fully saturated rings. The third kappa shape index (κ3) is 3.92. The molecular formula is C7H11F3O2. The van der Waals surface area contributed by atoms with Gasteiger partial charge in [0.2, 0.25) is 0 Å². The fraction of sp³-hybridized carbons (Fsp3) is 1.00. The van der Waals surface area contributed by atoms with Crippen molar-refractivity contribution in [1.82, 2.24) is 0 Å². The van der Waals surface area contributed by atoms with E-state index in [1.165, 1.54) is 0 Å². The summed E-state index contributed by atoms with van der Waals surface area (Å²) in [6.45, 7) is 0.296. The minimum absolute atomic E-state index is 0.297. The molecule has 1 aliphatic rings. The van der Waals surface area contributed by atoms with E-state index in [1.807, 2.05) is 0 Å². The maximum atomic E-state index is 11.6. The zero-order chi connectivity index (χ0) is 9.03. The van der Waals surface area contributed by atoms with Crippen LogP contribution in [0.4, 0.5) is 13.2 Å². The maximum Gasteiger partial charge on any atom is 0.391 e. The van der Waals surface area contributed by atoms with E-state index in [2.05, 4.69) is 0 Å². The van der Waals surface area contributed by atoms with Gasteiger partial charge >= 0.3 is 6.18 Å². The van der Waals surface area contributed by atoms with E-state index in [0.29, 0.717) is 13.0 Å². The summed E-state index contributed by atoms with van der Waals surface area (Å²) in [5, 5.41) is 0. The van der Waals surface area contributed by atoms with Gasteiger partial charge in [-0.05, 0) is 6.42 Å². The summed E-state index contributed by atoms with van der Waals surface area (Å²) in [5.74, 6) is 0. The van der Waals surface area contributed by atoms with Crippen molar-refractivity contribution >= 4 is 0 Å². The van der Waals surface area contributed by atoms with Crippen molar-refractivity contribution < 1.29 is 22.6 Å². The van der Waals surface area contributed by atoms with Crippen molar-refractivity contribution in [2.45, 2.75) is 31.7 Å². The molecule has 1 aliphatic heterocycles. The van der Waals surface area contributed by atoms with Crippen LogP contribution in [0.25, 0.3) is 0 Å². The summed E-state index contributed by atoms with van der Waals surface area (Å²) in [5.41, 5.74) is 0. The lowest BCUT2D eigenvalue weighted by Gasteiger charge is -2.11. The van der Waals surface area contributed by atoms with Crippen LogP contribution in [0.3, 0.4) is 0 Å². The smallest absolute Gasteiger partial charge is 0.353 e. The van der Waals surface area contributed by atoms with E-state index >= 15 is 0 Å². The van der Waals surface area contributed by atoms with Crippen LogP contribution in [0.1, 0.15) is 19.3 Å². The second kappa shape index (κ2) is 4.09. The Morgan fingerprint density at radius 1 is 1.42 bits per heavy atom. The fourth-order valence-electron chi connectivity index (χ4n) is 0.986. The Labute approximate surface area is 68.6 Å². The number of rotatable bonds is 3. The second-order valence-electron chi connectivity index (χ2n) is 2.68. The van der Waals surface area contributed by atoms with Crippen LogP contribution >= 0.6 is 0 Å². The fourth-order valence-corrected chi connectivity index (χ4v) is 0.986. The molecule has 1 rings (SSSR count). The number of alkyl halides is 3. The maximum absolute atomic E-state index is 11.6. The van der Waals surface area contributed by atoms with Gasteiger partial charge in [-0.2, -0.15) is 13.2 Å². The quantitative estimate of drug-likeness (QED) is 0.668. The van der Waals surface area contributed by atoms with Gasteiger partial charge in [-0.3, -0.25) is 0 Å². The summed E-state index contributed by atoms with van der Waals surface area (Å²) in [6.07, 6.45) is -3.85. The number of hydrogen-bond donors (Lipinski definition) is 0. The Morgan fingerprint density at radius 2 is 2.17 bits per heavy atom. The molecule has 0 aromatic carbocycles. The zero-order valence-electron chi connectivity index (χ0n) is 6.56. The predicted molar refractivity (Wildman–Crippen MR) is 35.6 cm³/mol. The van der Waals surface area contributed by atoms with Gasteiger partial charge in [0.15, 0.2) is 6.29 Å². The molecule has 0 N–H and O–H groups in total. The summed E-state index contributed by atoms with van der Waals surface area (Å²) in [7, 11) is 0. The summed E-state index contributed by atoms with van der Waals surface area (Å²) in [4.78, 5) is 0. The van der Waals surface area contributed by atoms with Gasteiger partial charge in [0.25, 0.3) is 0 Å². The molecule has 1 heterocycles. The molecule has 2 nitrogen and oxygen atoms in total. The van der Waals surface area contributed by atoms with Crippen LogP contribution in [0.15, 0.2) is 0 Å². The molecule has 1 atom stereocenters. The molecule has 72 valence electrons. The Morgan fingerprint density at radius 3 is 2.67 bits per heavy atom. The van der Waals surface area contributed by atoms with Crippen LogP contribution in [-0.4, -0.2) is 25.7 Å². The molecule has 12 heavy (non-hydrogen) atoms. The molecular weight excluding hydrogens is 173 g/mol. The van der Waals surface area contributed by atoms with E-state index in [1.54, 1.807) is 0 Å². The van der Waals surface area contributed by atoms with Crippen LogP contribution in [0.5, 0.6) is 0 Å². The van der Waals surface area contributed by atoms with Crippen LogP contribution in [0, 0.1) is 0 Å². The minimum atomic E-state index is -4.13. The molecule has 0 aromatic rings. The minimum Gasteiger partial charge on any atom is -0.353 e. The highest BCUT2D eigenvalue weighted by Gasteiger charge is 2.27. The third-order valence-corrected chi connectivity index (χ3v) is 1.58. The standard InChI is InChI=1S/C7H11F3O2/c8-7(9,10)3-5-12-6-2-1-4-11-6/h6H,1-5H2. The lowest BCUT2D eigenvalue weighted by atomic mass is 10.3. The number of hydrogen-bond acceptors (Lipinski definition) is 2. The first-order chi connectivity index (χ1) is 5.58. The van der Waals surface area contributed by atoms with Gasteiger partial charge in [-0.25, -0.2) is 0 Å². The molecule has 0 spiro atoms. The lowest BCUT2D eigenvalue weighted by Crippen LogP contribution is -2.17. The first kappa shape index (κ1) is 9.80. The van der Waals surface area contributed by atoms with Gasteiger partial charge in [0.1, 0.15) is 0 Å². The van der Waals surface area contributed by atoms with E-state index in [9.17, 15) is 13.2 Å². The van der Waals surface area contributed by atoms with E-state index in [4.69, 9.17) is 9.47 Å². The summed E-state index contributed by atoms with van der Waals surface area (Å²) in [6, 6.07) is 0.